The van der Waals surface area contributed by atoms with Crippen molar-refractivity contribution >= 4 is 16.0 Å². The number of nitrogens with one attached hydrogen (secondary N) is 1. The van der Waals surface area contributed by atoms with Crippen molar-refractivity contribution in [2.24, 2.45) is 5.92 Å². The van der Waals surface area contributed by atoms with Crippen molar-refractivity contribution < 1.29 is 36.2 Å². The fraction of sp³-hybridized carbons (Fsp3) is 0.522. The number of rotatable bonds is 7. The highest BCUT2D eigenvalue weighted by Gasteiger charge is 2.36. The third-order valence-corrected chi connectivity index (χ3v) is 7.48. The van der Waals surface area contributed by atoms with Gasteiger partial charge in [0.25, 0.3) is 0 Å². The Morgan fingerprint density at radius 2 is 1.97 bits per heavy atom. The molecular formula is C23H28F3NO5S. The topological polar surface area (TPSA) is 92.7 Å². The van der Waals surface area contributed by atoms with Gasteiger partial charge in [-0.3, -0.25) is 0 Å². The Morgan fingerprint density at radius 1 is 1.24 bits per heavy atom. The van der Waals surface area contributed by atoms with E-state index in [4.69, 9.17) is 9.84 Å². The lowest BCUT2D eigenvalue weighted by Crippen LogP contribution is -2.41. The summed E-state index contributed by atoms with van der Waals surface area (Å²) in [6, 6.07) is 2.40. The number of hydrogen-bond donors (Lipinski definition) is 2. The molecule has 0 saturated heterocycles. The molecule has 33 heavy (non-hydrogen) atoms. The Balaban J connectivity index is 1.94. The summed E-state index contributed by atoms with van der Waals surface area (Å²) in [7, 11) is -4.24. The van der Waals surface area contributed by atoms with E-state index in [1.54, 1.807) is 26.0 Å². The Bertz CT molecular complexity index is 1060. The zero-order valence-corrected chi connectivity index (χ0v) is 19.3. The Labute approximate surface area is 191 Å². The van der Waals surface area contributed by atoms with Gasteiger partial charge in [0, 0.05) is 12.0 Å². The highest BCUT2D eigenvalue weighted by atomic mass is 32.2. The predicted octanol–water partition coefficient (Wildman–Crippen LogP) is 4.98. The zero-order valence-electron chi connectivity index (χ0n) is 18.5. The zero-order chi connectivity index (χ0) is 24.4. The standard InChI is InChI=1S/C23H28F3NO5S/c1-14(2)15-10-16(23(24,25)26)12-17(11-15)33(30,31)27-20-8-4-3-6-19-18(20)7-5-9-21(19)32-13-22(28)29/h5,9-12,14,18,20,27H,3-4,6-8,13H2,1-2H3,(H,28,29). The van der Waals surface area contributed by atoms with E-state index in [-0.39, 0.29) is 17.4 Å². The van der Waals surface area contributed by atoms with E-state index in [0.29, 0.717) is 31.1 Å². The van der Waals surface area contributed by atoms with Crippen LogP contribution >= 0.6 is 0 Å². The Hall–Kier alpha value is -2.33. The van der Waals surface area contributed by atoms with Gasteiger partial charge in [-0.2, -0.15) is 13.2 Å². The van der Waals surface area contributed by atoms with Crippen LogP contribution in [-0.2, 0) is 25.7 Å². The molecule has 2 aliphatic rings. The first-order chi connectivity index (χ1) is 15.4. The van der Waals surface area contributed by atoms with Crippen molar-refractivity contribution in [3.05, 3.63) is 52.8 Å². The fourth-order valence-corrected chi connectivity index (χ4v) is 5.70. The highest BCUT2D eigenvalue weighted by Crippen LogP contribution is 2.38. The molecule has 0 heterocycles. The third kappa shape index (κ3) is 6.17. The Morgan fingerprint density at radius 3 is 2.61 bits per heavy atom. The van der Waals surface area contributed by atoms with Crippen LogP contribution in [0.2, 0.25) is 0 Å². The molecule has 0 spiro atoms. The van der Waals surface area contributed by atoms with Crippen molar-refractivity contribution in [2.45, 2.75) is 69.0 Å². The molecule has 2 atom stereocenters. The van der Waals surface area contributed by atoms with Crippen molar-refractivity contribution in [2.75, 3.05) is 6.61 Å². The summed E-state index contributed by atoms with van der Waals surface area (Å²) in [5, 5.41) is 8.92. The van der Waals surface area contributed by atoms with Crippen LogP contribution in [0.25, 0.3) is 0 Å². The molecule has 0 radical (unpaired) electrons. The maximum Gasteiger partial charge on any atom is 0.416 e. The lowest BCUT2D eigenvalue weighted by Gasteiger charge is -2.30. The lowest BCUT2D eigenvalue weighted by molar-refractivity contribution is -0.141. The van der Waals surface area contributed by atoms with Crippen molar-refractivity contribution in [3.8, 4) is 0 Å². The second kappa shape index (κ2) is 9.89. The van der Waals surface area contributed by atoms with Crippen molar-refractivity contribution in [1.82, 2.24) is 4.72 Å². The quantitative estimate of drug-likeness (QED) is 0.566. The molecule has 182 valence electrons. The molecular weight excluding hydrogens is 459 g/mol. The summed E-state index contributed by atoms with van der Waals surface area (Å²) in [6.45, 7) is 2.90. The molecule has 2 N–H and O–H groups in total. The lowest BCUT2D eigenvalue weighted by atomic mass is 9.84. The SMILES string of the molecule is CC(C)c1cc(C(F)(F)F)cc(S(=O)(=O)NC2CCCCC3=C(OCC(=O)O)C=CCC32)c1. The van der Waals surface area contributed by atoms with Gasteiger partial charge in [0.1, 0.15) is 5.76 Å². The van der Waals surface area contributed by atoms with Crippen LogP contribution in [0.4, 0.5) is 13.2 Å². The fourth-order valence-electron chi connectivity index (χ4n) is 4.31. The summed E-state index contributed by atoms with van der Waals surface area (Å²) < 4.78 is 74.8. The van der Waals surface area contributed by atoms with Crippen LogP contribution in [0.15, 0.2) is 46.6 Å². The monoisotopic (exact) mass is 487 g/mol. The first-order valence-electron chi connectivity index (χ1n) is 10.9. The maximum atomic E-state index is 13.4. The number of carboxylic acid groups (broad SMARTS) is 1. The smallest absolute Gasteiger partial charge is 0.416 e. The molecule has 1 aromatic carbocycles. The predicted molar refractivity (Wildman–Crippen MR) is 116 cm³/mol. The van der Waals surface area contributed by atoms with Gasteiger partial charge in [-0.15, -0.1) is 0 Å². The van der Waals surface area contributed by atoms with E-state index < -0.39 is 45.3 Å². The average Bonchev–Trinajstić information content (AvgIpc) is 2.93. The molecule has 2 unspecified atom stereocenters. The van der Waals surface area contributed by atoms with Crippen molar-refractivity contribution in [1.29, 1.82) is 0 Å². The van der Waals surface area contributed by atoms with Gasteiger partial charge in [-0.25, -0.2) is 17.9 Å². The van der Waals surface area contributed by atoms with Crippen LogP contribution < -0.4 is 4.72 Å². The first kappa shape index (κ1) is 25.3. The van der Waals surface area contributed by atoms with Crippen LogP contribution in [0.1, 0.15) is 63.0 Å². The van der Waals surface area contributed by atoms with E-state index in [1.807, 2.05) is 0 Å². The summed E-state index contributed by atoms with van der Waals surface area (Å²) in [4.78, 5) is 10.5. The second-order valence-corrected chi connectivity index (χ2v) is 10.4. The van der Waals surface area contributed by atoms with Gasteiger partial charge in [0.05, 0.1) is 10.5 Å². The number of ether oxygens (including phenoxy) is 1. The van der Waals surface area contributed by atoms with Crippen LogP contribution in [0, 0.1) is 5.92 Å². The molecule has 3 rings (SSSR count). The second-order valence-electron chi connectivity index (χ2n) is 8.73. The molecule has 0 aliphatic heterocycles. The number of hydrogen-bond acceptors (Lipinski definition) is 4. The number of allylic oxidation sites excluding steroid dienone is 2. The van der Waals surface area contributed by atoms with E-state index >= 15 is 0 Å². The summed E-state index contributed by atoms with van der Waals surface area (Å²) in [6.07, 6.45) is 2.03. The van der Waals surface area contributed by atoms with Crippen LogP contribution in [-0.4, -0.2) is 32.1 Å². The number of carbonyl (C=O) groups is 1. The van der Waals surface area contributed by atoms with Gasteiger partial charge < -0.3 is 9.84 Å². The Kier molecular flexibility index (Phi) is 7.58. The molecule has 2 aliphatic carbocycles. The van der Waals surface area contributed by atoms with Gasteiger partial charge in [0.2, 0.25) is 10.0 Å². The number of aliphatic carboxylic acids is 1. The largest absolute Gasteiger partial charge is 0.482 e. The van der Waals surface area contributed by atoms with Crippen molar-refractivity contribution in [3.63, 3.8) is 0 Å². The maximum absolute atomic E-state index is 13.4. The van der Waals surface area contributed by atoms with Gasteiger partial charge >= 0.3 is 12.1 Å². The minimum absolute atomic E-state index is 0.258. The normalized spacial score (nSPS) is 21.6. The molecule has 0 amide bonds. The number of benzene rings is 1. The first-order valence-corrected chi connectivity index (χ1v) is 12.4. The molecule has 6 nitrogen and oxygen atoms in total. The van der Waals surface area contributed by atoms with E-state index in [0.717, 1.165) is 24.5 Å². The number of sulfonamides is 1. The van der Waals surface area contributed by atoms with E-state index in [1.165, 1.54) is 6.07 Å². The van der Waals surface area contributed by atoms with Gasteiger partial charge in [-0.05, 0) is 67.0 Å². The van der Waals surface area contributed by atoms with Gasteiger partial charge in [0.15, 0.2) is 6.61 Å². The molecule has 10 heteroatoms. The molecule has 0 bridgehead atoms. The van der Waals surface area contributed by atoms with E-state index in [9.17, 15) is 26.4 Å². The number of fused-ring (bicyclic) bond motifs is 1. The minimum Gasteiger partial charge on any atom is -0.482 e. The average molecular weight is 488 g/mol. The molecule has 1 fully saturated rings. The van der Waals surface area contributed by atoms with Crippen LogP contribution in [0.3, 0.4) is 0 Å². The minimum atomic E-state index is -4.67. The number of carboxylic acids is 1. The molecule has 1 saturated carbocycles. The highest BCUT2D eigenvalue weighted by molar-refractivity contribution is 7.89. The van der Waals surface area contributed by atoms with Gasteiger partial charge in [-0.1, -0.05) is 26.3 Å². The van der Waals surface area contributed by atoms with Crippen LogP contribution in [0.5, 0.6) is 0 Å². The third-order valence-electron chi connectivity index (χ3n) is 6.01. The summed E-state index contributed by atoms with van der Waals surface area (Å²) in [5.41, 5.74) is 0.132. The summed E-state index contributed by atoms with van der Waals surface area (Å²) >= 11 is 0. The molecule has 1 aromatic rings. The number of halogens is 3. The number of alkyl halides is 3. The molecule has 0 aromatic heterocycles. The van der Waals surface area contributed by atoms with E-state index in [2.05, 4.69) is 4.72 Å². The summed E-state index contributed by atoms with van der Waals surface area (Å²) in [5.74, 6) is -1.23.